The number of nitriles is 1. The van der Waals surface area contributed by atoms with Gasteiger partial charge in [-0.25, -0.2) is 0 Å². The third-order valence-electron chi connectivity index (χ3n) is 1.98. The number of non-ortho nitro benzene ring substituents is 1. The molecule has 16 heavy (non-hydrogen) atoms. The van der Waals surface area contributed by atoms with E-state index in [4.69, 9.17) is 5.26 Å². The van der Waals surface area contributed by atoms with E-state index in [0.717, 1.165) is 6.07 Å². The van der Waals surface area contributed by atoms with Crippen LogP contribution in [0, 0.1) is 31.6 Å². The number of nitro groups is 2. The Morgan fingerprint density at radius 3 is 2.44 bits per heavy atom. The SMILES string of the molecule is N#CCCc1ccc([N+](=O)[O-])cc1[N+](=O)[O-]. The van der Waals surface area contributed by atoms with E-state index in [0.29, 0.717) is 5.56 Å². The minimum absolute atomic E-state index is 0.138. The first-order valence-corrected chi connectivity index (χ1v) is 4.35. The van der Waals surface area contributed by atoms with E-state index in [1.165, 1.54) is 12.1 Å². The van der Waals surface area contributed by atoms with Crippen molar-refractivity contribution < 1.29 is 9.85 Å². The average molecular weight is 221 g/mol. The van der Waals surface area contributed by atoms with Crippen LogP contribution in [0.25, 0.3) is 0 Å². The third-order valence-corrected chi connectivity index (χ3v) is 1.98. The van der Waals surface area contributed by atoms with E-state index in [2.05, 4.69) is 0 Å². The van der Waals surface area contributed by atoms with Crippen molar-refractivity contribution in [3.63, 3.8) is 0 Å². The molecular weight excluding hydrogens is 214 g/mol. The minimum atomic E-state index is -0.693. The number of nitrogens with zero attached hydrogens (tertiary/aromatic N) is 3. The maximum Gasteiger partial charge on any atom is 0.279 e. The van der Waals surface area contributed by atoms with Crippen molar-refractivity contribution in [1.82, 2.24) is 0 Å². The Kier molecular flexibility index (Phi) is 3.50. The van der Waals surface area contributed by atoms with Crippen LogP contribution in [0.2, 0.25) is 0 Å². The lowest BCUT2D eigenvalue weighted by atomic mass is 10.1. The number of rotatable bonds is 4. The molecule has 0 bridgehead atoms. The van der Waals surface area contributed by atoms with E-state index in [1.54, 1.807) is 0 Å². The smallest absolute Gasteiger partial charge is 0.258 e. The molecule has 7 heteroatoms. The van der Waals surface area contributed by atoms with Gasteiger partial charge in [-0.05, 0) is 12.5 Å². The predicted molar refractivity (Wildman–Crippen MR) is 53.7 cm³/mol. The molecule has 0 aliphatic heterocycles. The van der Waals surface area contributed by atoms with Gasteiger partial charge in [0.1, 0.15) is 0 Å². The van der Waals surface area contributed by atoms with Gasteiger partial charge >= 0.3 is 0 Å². The summed E-state index contributed by atoms with van der Waals surface area (Å²) in [7, 11) is 0. The quantitative estimate of drug-likeness (QED) is 0.569. The van der Waals surface area contributed by atoms with Crippen molar-refractivity contribution in [2.24, 2.45) is 0 Å². The fourth-order valence-electron chi connectivity index (χ4n) is 1.24. The first-order chi connectivity index (χ1) is 7.56. The summed E-state index contributed by atoms with van der Waals surface area (Å²) < 4.78 is 0. The minimum Gasteiger partial charge on any atom is -0.258 e. The Balaban J connectivity index is 3.15. The monoisotopic (exact) mass is 221 g/mol. The molecule has 0 aliphatic rings. The summed E-state index contributed by atoms with van der Waals surface area (Å²) in [6.45, 7) is 0. The van der Waals surface area contributed by atoms with Gasteiger partial charge in [0.05, 0.1) is 22.0 Å². The summed E-state index contributed by atoms with van der Waals surface area (Å²) in [4.78, 5) is 19.7. The average Bonchev–Trinajstić information content (AvgIpc) is 2.25. The van der Waals surface area contributed by atoms with Gasteiger partial charge in [0.25, 0.3) is 11.4 Å². The van der Waals surface area contributed by atoms with Crippen LogP contribution in [0.15, 0.2) is 18.2 Å². The molecule has 0 atom stereocenters. The Morgan fingerprint density at radius 1 is 1.25 bits per heavy atom. The highest BCUT2D eigenvalue weighted by Crippen LogP contribution is 2.25. The first kappa shape index (κ1) is 11.6. The fourth-order valence-corrected chi connectivity index (χ4v) is 1.24. The summed E-state index contributed by atoms with van der Waals surface area (Å²) in [5.74, 6) is 0. The van der Waals surface area contributed by atoms with Crippen molar-refractivity contribution in [2.75, 3.05) is 0 Å². The molecule has 0 N–H and O–H groups in total. The largest absolute Gasteiger partial charge is 0.279 e. The standard InChI is InChI=1S/C9H7N3O4/c10-5-1-2-7-3-4-8(11(13)14)6-9(7)12(15)16/h3-4,6H,1-2H2. The lowest BCUT2D eigenvalue weighted by Crippen LogP contribution is -1.97. The highest BCUT2D eigenvalue weighted by molar-refractivity contribution is 5.49. The molecule has 0 spiro atoms. The number of nitro benzene ring substituents is 2. The van der Waals surface area contributed by atoms with Crippen molar-refractivity contribution in [3.05, 3.63) is 44.0 Å². The van der Waals surface area contributed by atoms with Crippen LogP contribution in [0.5, 0.6) is 0 Å². The normalized spacial score (nSPS) is 9.44. The van der Waals surface area contributed by atoms with E-state index in [1.807, 2.05) is 6.07 Å². The van der Waals surface area contributed by atoms with Crippen LogP contribution in [-0.4, -0.2) is 9.85 Å². The number of benzene rings is 1. The maximum atomic E-state index is 10.7. The molecule has 1 aromatic carbocycles. The zero-order valence-corrected chi connectivity index (χ0v) is 8.12. The van der Waals surface area contributed by atoms with Crippen molar-refractivity contribution in [1.29, 1.82) is 5.26 Å². The second-order valence-corrected chi connectivity index (χ2v) is 2.99. The van der Waals surface area contributed by atoms with E-state index in [9.17, 15) is 20.2 Å². The van der Waals surface area contributed by atoms with Crippen molar-refractivity contribution >= 4 is 11.4 Å². The summed E-state index contributed by atoms with van der Waals surface area (Å²) in [6, 6.07) is 5.28. The van der Waals surface area contributed by atoms with Crippen molar-refractivity contribution in [3.8, 4) is 6.07 Å². The molecule has 0 saturated carbocycles. The van der Waals surface area contributed by atoms with Gasteiger partial charge in [0.15, 0.2) is 0 Å². The molecule has 0 aromatic heterocycles. The fraction of sp³-hybridized carbons (Fsp3) is 0.222. The zero-order chi connectivity index (χ0) is 12.1. The zero-order valence-electron chi connectivity index (χ0n) is 8.12. The van der Waals surface area contributed by atoms with Crippen LogP contribution in [0.1, 0.15) is 12.0 Å². The first-order valence-electron chi connectivity index (χ1n) is 4.35. The van der Waals surface area contributed by atoms with Crippen molar-refractivity contribution in [2.45, 2.75) is 12.8 Å². The van der Waals surface area contributed by atoms with Gasteiger partial charge in [-0.15, -0.1) is 0 Å². The predicted octanol–water partition coefficient (Wildman–Crippen LogP) is 1.96. The van der Waals surface area contributed by atoms with Crippen LogP contribution >= 0.6 is 0 Å². The second-order valence-electron chi connectivity index (χ2n) is 2.99. The van der Waals surface area contributed by atoms with Crippen LogP contribution < -0.4 is 0 Å². The Bertz CT molecular complexity index is 478. The Morgan fingerprint density at radius 2 is 1.94 bits per heavy atom. The van der Waals surface area contributed by atoms with Crippen LogP contribution in [0.3, 0.4) is 0 Å². The molecule has 0 fully saturated rings. The van der Waals surface area contributed by atoms with Crippen LogP contribution in [0.4, 0.5) is 11.4 Å². The maximum absolute atomic E-state index is 10.7. The van der Waals surface area contributed by atoms with Gasteiger partial charge in [-0.3, -0.25) is 20.2 Å². The number of aryl methyl sites for hydroxylation is 1. The van der Waals surface area contributed by atoms with Gasteiger partial charge in [0, 0.05) is 18.1 Å². The molecule has 7 nitrogen and oxygen atoms in total. The molecule has 0 radical (unpaired) electrons. The molecule has 0 unspecified atom stereocenters. The third kappa shape index (κ3) is 2.51. The van der Waals surface area contributed by atoms with Gasteiger partial charge in [-0.2, -0.15) is 5.26 Å². The topological polar surface area (TPSA) is 110 Å². The van der Waals surface area contributed by atoms with E-state index >= 15 is 0 Å². The molecule has 82 valence electrons. The molecular formula is C9H7N3O4. The highest BCUT2D eigenvalue weighted by atomic mass is 16.6. The van der Waals surface area contributed by atoms with Crippen LogP contribution in [-0.2, 0) is 6.42 Å². The molecule has 1 rings (SSSR count). The van der Waals surface area contributed by atoms with Gasteiger partial charge in [0.2, 0.25) is 0 Å². The van der Waals surface area contributed by atoms with Gasteiger partial charge < -0.3 is 0 Å². The molecule has 0 amide bonds. The van der Waals surface area contributed by atoms with E-state index in [-0.39, 0.29) is 24.2 Å². The van der Waals surface area contributed by atoms with Gasteiger partial charge in [-0.1, -0.05) is 0 Å². The molecule has 0 saturated heterocycles. The molecule has 0 heterocycles. The summed E-state index contributed by atoms with van der Waals surface area (Å²) in [5.41, 5.74) is -0.311. The number of hydrogen-bond acceptors (Lipinski definition) is 5. The summed E-state index contributed by atoms with van der Waals surface area (Å²) in [5, 5.41) is 29.5. The number of hydrogen-bond donors (Lipinski definition) is 0. The Labute approximate surface area is 90.2 Å². The lowest BCUT2D eigenvalue weighted by molar-refractivity contribution is -0.394. The molecule has 0 aliphatic carbocycles. The summed E-state index contributed by atoms with van der Waals surface area (Å²) >= 11 is 0. The second kappa shape index (κ2) is 4.84. The lowest BCUT2D eigenvalue weighted by Gasteiger charge is -1.99. The Hall–Kier alpha value is -2.49. The van der Waals surface area contributed by atoms with E-state index < -0.39 is 9.85 Å². The highest BCUT2D eigenvalue weighted by Gasteiger charge is 2.18. The molecule has 1 aromatic rings. The summed E-state index contributed by atoms with van der Waals surface area (Å²) in [6.07, 6.45) is 0.351.